The van der Waals surface area contributed by atoms with Crippen LogP contribution in [0.5, 0.6) is 5.75 Å². The van der Waals surface area contributed by atoms with Gasteiger partial charge in [-0.25, -0.2) is 4.79 Å². The quantitative estimate of drug-likeness (QED) is 0.309. The first kappa shape index (κ1) is 28.9. The van der Waals surface area contributed by atoms with Crippen LogP contribution < -0.4 is 14.5 Å². The molecule has 0 bridgehead atoms. The zero-order valence-electron chi connectivity index (χ0n) is 24.1. The second-order valence-electron chi connectivity index (χ2n) is 11.0. The molecule has 2 aliphatic heterocycles. The van der Waals surface area contributed by atoms with Crippen LogP contribution in [-0.4, -0.2) is 75.5 Å². The van der Waals surface area contributed by atoms with Crippen LogP contribution in [0.1, 0.15) is 49.8 Å². The van der Waals surface area contributed by atoms with Gasteiger partial charge < -0.3 is 19.1 Å². The molecule has 2 heterocycles. The van der Waals surface area contributed by atoms with Gasteiger partial charge >= 0.3 is 5.97 Å². The molecular weight excluding hydrogens is 494 g/mol. The van der Waals surface area contributed by atoms with Crippen molar-refractivity contribution in [3.05, 3.63) is 53.1 Å². The number of fused-ring (bicyclic) bond motifs is 1. The van der Waals surface area contributed by atoms with Crippen LogP contribution in [-0.2, 0) is 25.5 Å². The molecule has 212 valence electrons. The zero-order valence-corrected chi connectivity index (χ0v) is 24.1. The van der Waals surface area contributed by atoms with Crippen LogP contribution in [0, 0.1) is 13.8 Å². The van der Waals surface area contributed by atoms with Crippen LogP contribution in [0.3, 0.4) is 0 Å². The third kappa shape index (κ3) is 7.11. The Bertz CT molecular complexity index is 1160. The van der Waals surface area contributed by atoms with E-state index in [1.54, 1.807) is 13.8 Å². The summed E-state index contributed by atoms with van der Waals surface area (Å²) in [5.74, 6) is 0.142. The molecule has 1 saturated heterocycles. The second kappa shape index (κ2) is 12.8. The molecule has 0 aliphatic carbocycles. The van der Waals surface area contributed by atoms with Gasteiger partial charge in [-0.2, -0.15) is 0 Å². The summed E-state index contributed by atoms with van der Waals surface area (Å²) in [5, 5.41) is 0. The summed E-state index contributed by atoms with van der Waals surface area (Å²) in [5.41, 5.74) is 4.82. The molecule has 8 heteroatoms. The molecule has 1 amide bonds. The van der Waals surface area contributed by atoms with E-state index in [1.807, 2.05) is 18.2 Å². The maximum absolute atomic E-state index is 12.6. The van der Waals surface area contributed by atoms with E-state index in [1.165, 1.54) is 28.8 Å². The van der Waals surface area contributed by atoms with E-state index in [4.69, 9.17) is 14.2 Å². The summed E-state index contributed by atoms with van der Waals surface area (Å²) < 4.78 is 16.6. The topological polar surface area (TPSA) is 71.5 Å². The number of esters is 1. The molecule has 0 spiro atoms. The van der Waals surface area contributed by atoms with Gasteiger partial charge in [-0.15, -0.1) is 0 Å². The monoisotopic (exact) mass is 537 g/mol. The first-order valence-electron chi connectivity index (χ1n) is 14.0. The number of nitrogens with zero attached hydrogens (tertiary/aromatic N) is 3. The second-order valence-corrected chi connectivity index (χ2v) is 11.0. The standard InChI is InChI=1S/C31H43N3O5/c1-23-9-8-10-27(24(23)2)33-18-16-32(17-19-33)15-6-7-20-38-26-13-11-25-12-14-29(35)34(28(25)21-26)22-39-30(36)31(3,4)37-5/h8-11,13,21H,6-7,12,14-20,22H2,1-5H3. The fourth-order valence-electron chi connectivity index (χ4n) is 5.05. The van der Waals surface area contributed by atoms with Crippen molar-refractivity contribution in [3.63, 3.8) is 0 Å². The summed E-state index contributed by atoms with van der Waals surface area (Å²) in [6.45, 7) is 13.5. The van der Waals surface area contributed by atoms with Gasteiger partial charge in [0.2, 0.25) is 5.91 Å². The highest BCUT2D eigenvalue weighted by molar-refractivity contribution is 5.96. The first-order valence-corrected chi connectivity index (χ1v) is 14.0. The van der Waals surface area contributed by atoms with E-state index in [9.17, 15) is 9.59 Å². The summed E-state index contributed by atoms with van der Waals surface area (Å²) in [6.07, 6.45) is 3.08. The van der Waals surface area contributed by atoms with Gasteiger partial charge in [-0.05, 0) is 82.3 Å². The minimum Gasteiger partial charge on any atom is -0.494 e. The molecule has 2 aromatic rings. The molecule has 0 saturated carbocycles. The Balaban J connectivity index is 1.22. The maximum Gasteiger partial charge on any atom is 0.339 e. The number of rotatable bonds is 11. The normalized spacial score (nSPS) is 16.3. The van der Waals surface area contributed by atoms with Crippen molar-refractivity contribution < 1.29 is 23.8 Å². The van der Waals surface area contributed by atoms with Crippen LogP contribution >= 0.6 is 0 Å². The fraction of sp³-hybridized carbons (Fsp3) is 0.548. The van der Waals surface area contributed by atoms with Gasteiger partial charge in [0.05, 0.1) is 12.3 Å². The number of carbonyl (C=O) groups is 2. The highest BCUT2D eigenvalue weighted by atomic mass is 16.6. The molecule has 8 nitrogen and oxygen atoms in total. The van der Waals surface area contributed by atoms with Crippen molar-refractivity contribution in [2.45, 2.75) is 59.0 Å². The number of unbranched alkanes of at least 4 members (excludes halogenated alkanes) is 1. The van der Waals surface area contributed by atoms with E-state index in [2.05, 4.69) is 41.8 Å². The number of benzene rings is 2. The number of piperazine rings is 1. The van der Waals surface area contributed by atoms with Gasteiger partial charge in [0, 0.05) is 51.5 Å². The van der Waals surface area contributed by atoms with E-state index in [0.717, 1.165) is 62.6 Å². The van der Waals surface area contributed by atoms with Crippen molar-refractivity contribution in [1.29, 1.82) is 0 Å². The summed E-state index contributed by atoms with van der Waals surface area (Å²) >= 11 is 0. The SMILES string of the molecule is COC(C)(C)C(=O)OCN1C(=O)CCc2ccc(OCCCCN3CCN(c4cccc(C)c4C)CC3)cc21. The first-order chi connectivity index (χ1) is 18.7. The molecule has 0 radical (unpaired) electrons. The minimum absolute atomic E-state index is 0.0691. The third-order valence-electron chi connectivity index (χ3n) is 8.01. The smallest absolute Gasteiger partial charge is 0.339 e. The molecule has 0 unspecified atom stereocenters. The highest BCUT2D eigenvalue weighted by Gasteiger charge is 2.31. The maximum atomic E-state index is 12.6. The molecule has 4 rings (SSSR count). The fourth-order valence-corrected chi connectivity index (χ4v) is 5.05. The molecule has 0 atom stereocenters. The Kier molecular flexibility index (Phi) is 9.51. The number of carbonyl (C=O) groups excluding carboxylic acids is 2. The van der Waals surface area contributed by atoms with Gasteiger partial charge in [0.1, 0.15) is 5.75 Å². The Morgan fingerprint density at radius 3 is 2.49 bits per heavy atom. The van der Waals surface area contributed by atoms with Crippen LogP contribution in [0.4, 0.5) is 11.4 Å². The van der Waals surface area contributed by atoms with E-state index in [-0.39, 0.29) is 12.6 Å². The molecule has 0 aromatic heterocycles. The van der Waals surface area contributed by atoms with Gasteiger partial charge in [-0.1, -0.05) is 18.2 Å². The lowest BCUT2D eigenvalue weighted by Gasteiger charge is -2.37. The Hall–Kier alpha value is -3.10. The molecular formula is C31H43N3O5. The van der Waals surface area contributed by atoms with Crippen LogP contribution in [0.25, 0.3) is 0 Å². The highest BCUT2D eigenvalue weighted by Crippen LogP contribution is 2.32. The summed E-state index contributed by atoms with van der Waals surface area (Å²) in [4.78, 5) is 31.5. The molecule has 1 fully saturated rings. The Morgan fingerprint density at radius 2 is 1.74 bits per heavy atom. The predicted molar refractivity (Wildman–Crippen MR) is 154 cm³/mol. The average molecular weight is 538 g/mol. The number of aryl methyl sites for hydroxylation is 2. The number of ether oxygens (including phenoxy) is 3. The molecule has 39 heavy (non-hydrogen) atoms. The summed E-state index contributed by atoms with van der Waals surface area (Å²) in [6, 6.07) is 12.4. The lowest BCUT2D eigenvalue weighted by molar-refractivity contribution is -0.165. The van der Waals surface area contributed by atoms with Crippen molar-refractivity contribution in [3.8, 4) is 5.75 Å². The predicted octanol–water partition coefficient (Wildman–Crippen LogP) is 4.49. The number of hydrogen-bond acceptors (Lipinski definition) is 7. The van der Waals surface area contributed by atoms with E-state index in [0.29, 0.717) is 19.4 Å². The largest absolute Gasteiger partial charge is 0.494 e. The molecule has 0 N–H and O–H groups in total. The molecule has 2 aliphatic rings. The lowest BCUT2D eigenvalue weighted by Crippen LogP contribution is -2.46. The summed E-state index contributed by atoms with van der Waals surface area (Å²) in [7, 11) is 1.46. The van der Waals surface area contributed by atoms with Gasteiger partial charge in [-0.3, -0.25) is 14.6 Å². The van der Waals surface area contributed by atoms with Crippen LogP contribution in [0.2, 0.25) is 0 Å². The van der Waals surface area contributed by atoms with E-state index < -0.39 is 11.6 Å². The van der Waals surface area contributed by atoms with Gasteiger partial charge in [0.25, 0.3) is 0 Å². The third-order valence-corrected chi connectivity index (χ3v) is 8.01. The zero-order chi connectivity index (χ0) is 28.0. The number of methoxy groups -OCH3 is 1. The van der Waals surface area contributed by atoms with E-state index >= 15 is 0 Å². The lowest BCUT2D eigenvalue weighted by atomic mass is 10.0. The average Bonchev–Trinajstić information content (AvgIpc) is 2.94. The number of hydrogen-bond donors (Lipinski definition) is 0. The van der Waals surface area contributed by atoms with Gasteiger partial charge in [0.15, 0.2) is 12.3 Å². The van der Waals surface area contributed by atoms with Crippen LogP contribution in [0.15, 0.2) is 36.4 Å². The Labute approximate surface area is 232 Å². The van der Waals surface area contributed by atoms with Crippen molar-refractivity contribution >= 4 is 23.3 Å². The number of amides is 1. The van der Waals surface area contributed by atoms with Crippen molar-refractivity contribution in [1.82, 2.24) is 4.90 Å². The number of anilines is 2. The molecule has 2 aromatic carbocycles. The van der Waals surface area contributed by atoms with Crippen molar-refractivity contribution in [2.24, 2.45) is 0 Å². The minimum atomic E-state index is -1.07. The van der Waals surface area contributed by atoms with Crippen molar-refractivity contribution in [2.75, 3.05) is 63.0 Å². The Morgan fingerprint density at radius 1 is 0.974 bits per heavy atom.